The van der Waals surface area contributed by atoms with Gasteiger partial charge in [0.15, 0.2) is 0 Å². The maximum Gasteiger partial charge on any atom is 0.416 e. The Bertz CT molecular complexity index is 415. The van der Waals surface area contributed by atoms with Crippen LogP contribution in [0.1, 0.15) is 11.1 Å². The van der Waals surface area contributed by atoms with Gasteiger partial charge in [0.1, 0.15) is 0 Å². The lowest BCUT2D eigenvalue weighted by atomic mass is 10.1. The van der Waals surface area contributed by atoms with Crippen LogP contribution < -0.4 is 5.73 Å². The Hall–Kier alpha value is -1.18. The predicted octanol–water partition coefficient (Wildman–Crippen LogP) is 2.67. The van der Waals surface area contributed by atoms with Gasteiger partial charge in [-0.2, -0.15) is 13.2 Å². The topological polar surface area (TPSA) is 26.0 Å². The van der Waals surface area contributed by atoms with Crippen molar-refractivity contribution in [2.24, 2.45) is 5.73 Å². The molecule has 0 saturated heterocycles. The molecule has 1 aromatic rings. The molecule has 0 aliphatic rings. The van der Waals surface area contributed by atoms with Crippen molar-refractivity contribution in [1.82, 2.24) is 0 Å². The monoisotopic (exact) mass is 233 g/mol. The molecule has 80 valence electrons. The largest absolute Gasteiger partial charge is 0.416 e. The Kier molecular flexibility index (Phi) is 3.61. The molecule has 0 amide bonds. The Labute approximate surface area is 90.0 Å². The zero-order valence-corrected chi connectivity index (χ0v) is 8.28. The second-order valence-corrected chi connectivity index (χ2v) is 3.11. The fourth-order valence-corrected chi connectivity index (χ4v) is 1.17. The van der Waals surface area contributed by atoms with Crippen molar-refractivity contribution in [1.29, 1.82) is 0 Å². The number of hydrogen-bond acceptors (Lipinski definition) is 1. The predicted molar refractivity (Wildman–Crippen MR) is 52.4 cm³/mol. The molecular weight excluding hydrogens is 227 g/mol. The Morgan fingerprint density at radius 1 is 1.33 bits per heavy atom. The quantitative estimate of drug-likeness (QED) is 0.685. The lowest BCUT2D eigenvalue weighted by Gasteiger charge is -2.07. The minimum Gasteiger partial charge on any atom is -0.320 e. The molecule has 0 heterocycles. The fraction of sp³-hybridized carbons (Fsp3) is 0.200. The van der Waals surface area contributed by atoms with E-state index < -0.39 is 11.7 Å². The maximum absolute atomic E-state index is 12.2. The van der Waals surface area contributed by atoms with E-state index in [0.717, 1.165) is 12.1 Å². The van der Waals surface area contributed by atoms with Gasteiger partial charge in [0.2, 0.25) is 0 Å². The van der Waals surface area contributed by atoms with Crippen LogP contribution >= 0.6 is 11.6 Å². The van der Waals surface area contributed by atoms with Crippen LogP contribution in [0.4, 0.5) is 13.2 Å². The molecule has 0 unspecified atom stereocenters. The molecule has 0 radical (unpaired) electrons. The van der Waals surface area contributed by atoms with Crippen molar-refractivity contribution in [2.45, 2.75) is 6.18 Å². The number of benzene rings is 1. The Morgan fingerprint density at radius 2 is 2.00 bits per heavy atom. The highest BCUT2D eigenvalue weighted by atomic mass is 35.5. The molecule has 5 heteroatoms. The van der Waals surface area contributed by atoms with Crippen LogP contribution in [0.15, 0.2) is 18.2 Å². The van der Waals surface area contributed by atoms with Gasteiger partial charge >= 0.3 is 6.18 Å². The number of nitrogens with two attached hydrogens (primary N) is 1. The van der Waals surface area contributed by atoms with E-state index in [9.17, 15) is 13.2 Å². The van der Waals surface area contributed by atoms with Gasteiger partial charge in [-0.25, -0.2) is 0 Å². The summed E-state index contributed by atoms with van der Waals surface area (Å²) in [6, 6.07) is 3.02. The highest BCUT2D eigenvalue weighted by molar-refractivity contribution is 6.31. The molecule has 1 aromatic carbocycles. The van der Waals surface area contributed by atoms with E-state index in [4.69, 9.17) is 17.3 Å². The second-order valence-electron chi connectivity index (χ2n) is 2.70. The first kappa shape index (κ1) is 11.9. The molecule has 15 heavy (non-hydrogen) atoms. The summed E-state index contributed by atoms with van der Waals surface area (Å²) in [5.74, 6) is 5.09. The molecule has 0 fully saturated rings. The zero-order valence-electron chi connectivity index (χ0n) is 7.53. The van der Waals surface area contributed by atoms with Gasteiger partial charge in [0.25, 0.3) is 0 Å². The number of alkyl halides is 3. The Morgan fingerprint density at radius 3 is 2.47 bits per heavy atom. The van der Waals surface area contributed by atoms with Crippen molar-refractivity contribution in [3.05, 3.63) is 34.3 Å². The van der Waals surface area contributed by atoms with E-state index in [0.29, 0.717) is 5.56 Å². The molecule has 0 aliphatic heterocycles. The van der Waals surface area contributed by atoms with E-state index in [1.807, 2.05) is 0 Å². The molecule has 0 saturated carbocycles. The number of rotatable bonds is 0. The van der Waals surface area contributed by atoms with Crippen molar-refractivity contribution < 1.29 is 13.2 Å². The first-order valence-electron chi connectivity index (χ1n) is 4.01. The van der Waals surface area contributed by atoms with Crippen LogP contribution in [0, 0.1) is 11.8 Å². The smallest absolute Gasteiger partial charge is 0.320 e. The summed E-state index contributed by atoms with van der Waals surface area (Å²) in [5.41, 5.74) is 4.69. The minimum absolute atomic E-state index is 0.0224. The second kappa shape index (κ2) is 4.56. The fourth-order valence-electron chi connectivity index (χ4n) is 0.939. The normalized spacial score (nSPS) is 10.7. The third-order valence-electron chi connectivity index (χ3n) is 1.62. The average Bonchev–Trinajstić information content (AvgIpc) is 2.14. The van der Waals surface area contributed by atoms with Crippen LogP contribution in [-0.2, 0) is 6.18 Å². The van der Waals surface area contributed by atoms with Crippen molar-refractivity contribution in [2.75, 3.05) is 6.54 Å². The van der Waals surface area contributed by atoms with E-state index >= 15 is 0 Å². The van der Waals surface area contributed by atoms with Crippen LogP contribution in [0.25, 0.3) is 0 Å². The van der Waals surface area contributed by atoms with Gasteiger partial charge in [0, 0.05) is 5.56 Å². The summed E-state index contributed by atoms with van der Waals surface area (Å²) in [4.78, 5) is 0. The number of halogens is 4. The zero-order chi connectivity index (χ0) is 11.5. The third-order valence-corrected chi connectivity index (χ3v) is 1.93. The lowest BCUT2D eigenvalue weighted by molar-refractivity contribution is -0.137. The van der Waals surface area contributed by atoms with Crippen LogP contribution in [0.3, 0.4) is 0 Å². The summed E-state index contributed by atoms with van der Waals surface area (Å²) < 4.78 is 36.7. The first-order chi connectivity index (χ1) is 6.95. The molecule has 0 aromatic heterocycles. The SMILES string of the molecule is NCC#Cc1ccc(C(F)(F)F)cc1Cl. The summed E-state index contributed by atoms with van der Waals surface area (Å²) in [7, 11) is 0. The van der Waals surface area contributed by atoms with Gasteiger partial charge in [-0.3, -0.25) is 0 Å². The summed E-state index contributed by atoms with van der Waals surface area (Å²) >= 11 is 5.63. The average molecular weight is 234 g/mol. The van der Waals surface area contributed by atoms with Crippen LogP contribution in [0.5, 0.6) is 0 Å². The van der Waals surface area contributed by atoms with Gasteiger partial charge in [-0.05, 0) is 18.2 Å². The molecule has 0 aliphatic carbocycles. The van der Waals surface area contributed by atoms with E-state index in [1.54, 1.807) is 0 Å². The first-order valence-corrected chi connectivity index (χ1v) is 4.38. The molecule has 0 bridgehead atoms. The summed E-state index contributed by atoms with van der Waals surface area (Å²) in [6.45, 7) is 0.136. The highest BCUT2D eigenvalue weighted by Crippen LogP contribution is 2.31. The van der Waals surface area contributed by atoms with Gasteiger partial charge in [0.05, 0.1) is 17.1 Å². The highest BCUT2D eigenvalue weighted by Gasteiger charge is 2.30. The van der Waals surface area contributed by atoms with Crippen molar-refractivity contribution >= 4 is 11.6 Å². The molecule has 1 nitrogen and oxygen atoms in total. The molecule has 2 N–H and O–H groups in total. The van der Waals surface area contributed by atoms with E-state index in [2.05, 4.69) is 11.8 Å². The maximum atomic E-state index is 12.2. The minimum atomic E-state index is -4.39. The van der Waals surface area contributed by atoms with Gasteiger partial charge < -0.3 is 5.73 Å². The van der Waals surface area contributed by atoms with E-state index in [1.165, 1.54) is 6.07 Å². The molecule has 0 spiro atoms. The standard InChI is InChI=1S/C10H7ClF3N/c11-9-6-8(10(12,13)14)4-3-7(9)2-1-5-15/h3-4,6H,5,15H2. The van der Waals surface area contributed by atoms with Crippen molar-refractivity contribution in [3.8, 4) is 11.8 Å². The van der Waals surface area contributed by atoms with Gasteiger partial charge in [-0.15, -0.1) is 0 Å². The molecule has 0 atom stereocenters. The van der Waals surface area contributed by atoms with E-state index in [-0.39, 0.29) is 11.6 Å². The van der Waals surface area contributed by atoms with Crippen LogP contribution in [-0.4, -0.2) is 6.54 Å². The molecule has 1 rings (SSSR count). The summed E-state index contributed by atoms with van der Waals surface area (Å²) in [5, 5.41) is -0.0224. The third kappa shape index (κ3) is 3.15. The van der Waals surface area contributed by atoms with Crippen molar-refractivity contribution in [3.63, 3.8) is 0 Å². The number of hydrogen-bond donors (Lipinski definition) is 1. The molecular formula is C10H7ClF3N. The Balaban J connectivity index is 3.09. The van der Waals surface area contributed by atoms with Crippen LogP contribution in [0.2, 0.25) is 5.02 Å². The summed E-state index contributed by atoms with van der Waals surface area (Å²) in [6.07, 6.45) is -4.39. The lowest BCUT2D eigenvalue weighted by Crippen LogP contribution is -2.04. The van der Waals surface area contributed by atoms with Gasteiger partial charge in [-0.1, -0.05) is 23.4 Å².